The first-order valence-corrected chi connectivity index (χ1v) is 15.8. The number of amides is 2. The lowest BCUT2D eigenvalue weighted by Crippen LogP contribution is -2.56. The first-order chi connectivity index (χ1) is 22.1. The highest BCUT2D eigenvalue weighted by Crippen LogP contribution is 2.68. The van der Waals surface area contributed by atoms with Gasteiger partial charge in [-0.3, -0.25) is 9.59 Å². The molecule has 10 nitrogen and oxygen atoms in total. The van der Waals surface area contributed by atoms with E-state index in [9.17, 15) is 15.0 Å². The van der Waals surface area contributed by atoms with Crippen molar-refractivity contribution in [1.82, 2.24) is 10.2 Å². The molecule has 3 N–H and O–H groups in total. The van der Waals surface area contributed by atoms with E-state index in [1.54, 1.807) is 48.4 Å². The maximum absolute atomic E-state index is 15.1. The number of hydrogen-bond acceptors (Lipinski definition) is 8. The van der Waals surface area contributed by atoms with E-state index in [2.05, 4.69) is 5.32 Å². The third kappa shape index (κ3) is 4.69. The Labute approximate surface area is 269 Å². The molecule has 1 saturated heterocycles. The zero-order chi connectivity index (χ0) is 32.8. The first kappa shape index (κ1) is 31.7. The van der Waals surface area contributed by atoms with Crippen molar-refractivity contribution in [3.8, 4) is 23.0 Å². The van der Waals surface area contributed by atoms with Crippen LogP contribution in [0.3, 0.4) is 0 Å². The summed E-state index contributed by atoms with van der Waals surface area (Å²) in [5.41, 5.74) is -2.37. The van der Waals surface area contributed by atoms with Crippen molar-refractivity contribution in [2.45, 2.75) is 62.5 Å². The van der Waals surface area contributed by atoms with E-state index < -0.39 is 41.2 Å². The molecule has 3 aromatic carbocycles. The third-order valence-corrected chi connectivity index (χ3v) is 10.1. The highest BCUT2D eigenvalue weighted by molar-refractivity contribution is 5.86. The maximum atomic E-state index is 15.1. The van der Waals surface area contributed by atoms with Gasteiger partial charge in [0.05, 0.1) is 32.8 Å². The van der Waals surface area contributed by atoms with Gasteiger partial charge in [0.1, 0.15) is 40.9 Å². The molecule has 2 bridgehead atoms. The lowest BCUT2D eigenvalue weighted by atomic mass is 9.75. The number of carbonyl (C=O) groups is 2. The van der Waals surface area contributed by atoms with Crippen molar-refractivity contribution in [2.75, 3.05) is 27.9 Å². The smallest absolute Gasteiger partial charge is 0.231 e. The normalized spacial score (nSPS) is 28.5. The number of aliphatic hydroxyl groups excluding tert-OH is 1. The fraction of sp³-hybridized carbons (Fsp3) is 0.444. The van der Waals surface area contributed by atoms with Gasteiger partial charge in [0.15, 0.2) is 5.60 Å². The third-order valence-electron chi connectivity index (χ3n) is 10.1. The maximum Gasteiger partial charge on any atom is 0.231 e. The lowest BCUT2D eigenvalue weighted by molar-refractivity contribution is -0.167. The Bertz CT molecular complexity index is 1600. The molecular weight excluding hydrogens is 588 g/mol. The predicted octanol–water partition coefficient (Wildman–Crippen LogP) is 4.07. The highest BCUT2D eigenvalue weighted by Gasteiger charge is 2.76. The minimum atomic E-state index is -2.17. The first-order valence-electron chi connectivity index (χ1n) is 15.8. The SMILES string of the molecule is CC[C@@H](C)C(=O)N[C@@H]1CCCN1C(=O)[C@@H]1[C@@H](c2ccccc2)[C@]2(c3ccc(OC)cc3)Oc3cc(OC)cc(OC)c3[C@@]1(O)[C@@H]2O. The van der Waals surface area contributed by atoms with E-state index in [0.717, 1.165) is 0 Å². The zero-order valence-electron chi connectivity index (χ0n) is 26.9. The molecule has 0 spiro atoms. The van der Waals surface area contributed by atoms with E-state index in [1.165, 1.54) is 14.2 Å². The van der Waals surface area contributed by atoms with Gasteiger partial charge in [-0.2, -0.15) is 0 Å². The molecule has 7 atom stereocenters. The van der Waals surface area contributed by atoms with Crippen LogP contribution in [0.4, 0.5) is 0 Å². The largest absolute Gasteiger partial charge is 0.497 e. The molecule has 2 fully saturated rings. The van der Waals surface area contributed by atoms with Crippen LogP contribution in [0.15, 0.2) is 66.7 Å². The molecule has 46 heavy (non-hydrogen) atoms. The highest BCUT2D eigenvalue weighted by atomic mass is 16.5. The minimum Gasteiger partial charge on any atom is -0.497 e. The van der Waals surface area contributed by atoms with Crippen molar-refractivity contribution in [1.29, 1.82) is 0 Å². The van der Waals surface area contributed by atoms with Gasteiger partial charge < -0.3 is 39.4 Å². The summed E-state index contributed by atoms with van der Waals surface area (Å²) in [6, 6.07) is 19.7. The standard InChI is InChI=1S/C36H42N2O8/c1-6-21(2)32(39)37-28-13-10-18-38(28)33(40)31-29(22-11-8-7-9-12-22)36(23-14-16-24(43-3)17-15-23)34(41)35(31,42)30-26(45-5)19-25(44-4)20-27(30)46-36/h7-9,11-12,14-17,19-21,28-29,31,34,41-42H,6,10,13,18H2,1-5H3,(H,37,39)/t21-,28+,29-,31+,34+,35+,36+/m1/s1. The lowest BCUT2D eigenvalue weighted by Gasteiger charge is -2.45. The van der Waals surface area contributed by atoms with Gasteiger partial charge in [-0.1, -0.05) is 56.3 Å². The second kappa shape index (κ2) is 12.1. The van der Waals surface area contributed by atoms with Crippen LogP contribution in [0.1, 0.15) is 55.7 Å². The van der Waals surface area contributed by atoms with Gasteiger partial charge in [0, 0.05) is 30.5 Å². The summed E-state index contributed by atoms with van der Waals surface area (Å²) in [4.78, 5) is 29.8. The molecule has 6 rings (SSSR count). The molecule has 244 valence electrons. The summed E-state index contributed by atoms with van der Waals surface area (Å²) in [6.07, 6.45) is -0.244. The number of nitrogens with zero attached hydrogens (tertiary/aromatic N) is 1. The van der Waals surface area contributed by atoms with Crippen molar-refractivity contribution < 1.29 is 38.7 Å². The van der Waals surface area contributed by atoms with Crippen LogP contribution in [0, 0.1) is 11.8 Å². The molecule has 2 amide bonds. The molecule has 0 radical (unpaired) electrons. The van der Waals surface area contributed by atoms with Gasteiger partial charge in [0.2, 0.25) is 11.8 Å². The van der Waals surface area contributed by atoms with E-state index in [0.29, 0.717) is 48.4 Å². The van der Waals surface area contributed by atoms with Gasteiger partial charge in [-0.25, -0.2) is 0 Å². The van der Waals surface area contributed by atoms with Crippen molar-refractivity contribution in [2.24, 2.45) is 11.8 Å². The van der Waals surface area contributed by atoms with Crippen LogP contribution in [-0.2, 0) is 20.8 Å². The van der Waals surface area contributed by atoms with E-state index in [-0.39, 0.29) is 28.9 Å². The second-order valence-electron chi connectivity index (χ2n) is 12.4. The summed E-state index contributed by atoms with van der Waals surface area (Å²) in [7, 11) is 4.54. The topological polar surface area (TPSA) is 127 Å². The Morgan fingerprint density at radius 1 is 1.02 bits per heavy atom. The number of rotatable bonds is 9. The number of benzene rings is 3. The average molecular weight is 631 g/mol. The molecule has 1 aliphatic carbocycles. The summed E-state index contributed by atoms with van der Waals surface area (Å²) < 4.78 is 23.7. The van der Waals surface area contributed by atoms with Crippen LogP contribution in [-0.4, -0.2) is 67.1 Å². The fourth-order valence-corrected chi connectivity index (χ4v) is 7.61. The number of fused-ring (bicyclic) bond motifs is 4. The Kier molecular flexibility index (Phi) is 8.37. The molecule has 2 aliphatic heterocycles. The number of hydrogen-bond donors (Lipinski definition) is 3. The number of carbonyl (C=O) groups excluding carboxylic acids is 2. The molecular formula is C36H42N2O8. The zero-order valence-corrected chi connectivity index (χ0v) is 26.9. The number of methoxy groups -OCH3 is 3. The molecule has 0 aromatic heterocycles. The summed E-state index contributed by atoms with van der Waals surface area (Å²) in [6.45, 7) is 4.19. The number of ether oxygens (including phenoxy) is 4. The molecule has 1 saturated carbocycles. The molecule has 3 aliphatic rings. The molecule has 10 heteroatoms. The fourth-order valence-electron chi connectivity index (χ4n) is 7.61. The van der Waals surface area contributed by atoms with Gasteiger partial charge >= 0.3 is 0 Å². The van der Waals surface area contributed by atoms with Crippen LogP contribution < -0.4 is 24.3 Å². The Morgan fingerprint density at radius 3 is 2.35 bits per heavy atom. The number of likely N-dealkylation sites (tertiary alicyclic amines) is 1. The number of aliphatic hydroxyl groups is 2. The van der Waals surface area contributed by atoms with E-state index in [1.807, 2.05) is 44.2 Å². The van der Waals surface area contributed by atoms with Gasteiger partial charge in [0.25, 0.3) is 0 Å². The van der Waals surface area contributed by atoms with Crippen molar-refractivity contribution in [3.05, 3.63) is 83.4 Å². The van der Waals surface area contributed by atoms with Crippen LogP contribution >= 0.6 is 0 Å². The monoisotopic (exact) mass is 630 g/mol. The minimum absolute atomic E-state index is 0.132. The average Bonchev–Trinajstić information content (AvgIpc) is 3.59. The van der Waals surface area contributed by atoms with Crippen molar-refractivity contribution >= 4 is 11.8 Å². The van der Waals surface area contributed by atoms with Crippen LogP contribution in [0.2, 0.25) is 0 Å². The van der Waals surface area contributed by atoms with Crippen molar-refractivity contribution in [3.63, 3.8) is 0 Å². The van der Waals surface area contributed by atoms with E-state index in [4.69, 9.17) is 18.9 Å². The van der Waals surface area contributed by atoms with E-state index >= 15 is 4.79 Å². The summed E-state index contributed by atoms with van der Waals surface area (Å²) in [5, 5.41) is 28.8. The predicted molar refractivity (Wildman–Crippen MR) is 170 cm³/mol. The van der Waals surface area contributed by atoms with Gasteiger partial charge in [-0.05, 0) is 42.5 Å². The quantitative estimate of drug-likeness (QED) is 0.323. The Balaban J connectivity index is 1.60. The van der Waals surface area contributed by atoms with Crippen LogP contribution in [0.25, 0.3) is 0 Å². The number of nitrogens with one attached hydrogen (secondary N) is 1. The Hall–Kier alpha value is -4.28. The molecule has 2 heterocycles. The molecule has 3 aromatic rings. The Morgan fingerprint density at radius 2 is 1.72 bits per heavy atom. The second-order valence-corrected chi connectivity index (χ2v) is 12.4. The summed E-state index contributed by atoms with van der Waals surface area (Å²) in [5.74, 6) is -1.38. The summed E-state index contributed by atoms with van der Waals surface area (Å²) >= 11 is 0. The van der Waals surface area contributed by atoms with Crippen LogP contribution in [0.5, 0.6) is 23.0 Å². The molecule has 0 unspecified atom stereocenters. The van der Waals surface area contributed by atoms with Gasteiger partial charge in [-0.15, -0.1) is 0 Å².